The zero-order chi connectivity index (χ0) is 31.1. The Morgan fingerprint density at radius 1 is 0.818 bits per heavy atom. The molecule has 1 heterocycles. The van der Waals surface area contributed by atoms with Crippen LogP contribution in [-0.4, -0.2) is 26.2 Å². The molecule has 2 saturated carbocycles. The Balaban J connectivity index is 1.06. The summed E-state index contributed by atoms with van der Waals surface area (Å²) in [5.41, 5.74) is 1.46. The fraction of sp³-hybridized carbons (Fsp3) is 0.657. The van der Waals surface area contributed by atoms with E-state index in [0.29, 0.717) is 56.7 Å². The summed E-state index contributed by atoms with van der Waals surface area (Å²) in [4.78, 5) is 0. The van der Waals surface area contributed by atoms with E-state index in [1.165, 1.54) is 19.3 Å². The van der Waals surface area contributed by atoms with Gasteiger partial charge in [0.25, 0.3) is 0 Å². The third-order valence-electron chi connectivity index (χ3n) is 9.97. The molecule has 0 unspecified atom stereocenters. The molecule has 1 saturated heterocycles. The minimum atomic E-state index is -3.44. The average Bonchev–Trinajstić information content (AvgIpc) is 3.03. The number of ether oxygens (including phenoxy) is 4. The van der Waals surface area contributed by atoms with Gasteiger partial charge in [-0.05, 0) is 99.3 Å². The molecule has 0 bridgehead atoms. The van der Waals surface area contributed by atoms with Crippen molar-refractivity contribution in [2.45, 2.75) is 102 Å². The van der Waals surface area contributed by atoms with Gasteiger partial charge in [-0.15, -0.1) is 0 Å². The van der Waals surface area contributed by atoms with Crippen molar-refractivity contribution < 1.29 is 40.9 Å². The molecule has 0 spiro atoms. The summed E-state index contributed by atoms with van der Waals surface area (Å²) in [6.45, 7) is 2.25. The minimum absolute atomic E-state index is 0.146. The Morgan fingerprint density at radius 2 is 1.50 bits per heavy atom. The number of rotatable bonds is 12. The van der Waals surface area contributed by atoms with Crippen LogP contribution >= 0.6 is 0 Å². The first-order chi connectivity index (χ1) is 21.3. The Labute approximate surface area is 257 Å². The van der Waals surface area contributed by atoms with Crippen LogP contribution in [0.15, 0.2) is 36.4 Å². The molecule has 4 nitrogen and oxygen atoms in total. The number of halogens is 5. The predicted molar refractivity (Wildman–Crippen MR) is 157 cm³/mol. The minimum Gasteiger partial charge on any atom is -0.460 e. The second kappa shape index (κ2) is 15.3. The molecule has 2 aliphatic carbocycles. The molecule has 44 heavy (non-hydrogen) atoms. The third kappa shape index (κ3) is 8.25. The van der Waals surface area contributed by atoms with E-state index in [2.05, 4.69) is 11.7 Å². The molecular weight excluding hydrogens is 579 g/mol. The van der Waals surface area contributed by atoms with Crippen molar-refractivity contribution in [2.75, 3.05) is 20.1 Å². The van der Waals surface area contributed by atoms with Crippen molar-refractivity contribution in [1.82, 2.24) is 0 Å². The van der Waals surface area contributed by atoms with Crippen LogP contribution in [0.3, 0.4) is 0 Å². The van der Waals surface area contributed by atoms with Gasteiger partial charge in [-0.3, -0.25) is 0 Å². The summed E-state index contributed by atoms with van der Waals surface area (Å²) in [6.07, 6.45) is 6.39. The van der Waals surface area contributed by atoms with Crippen LogP contribution in [0.1, 0.15) is 107 Å². The van der Waals surface area contributed by atoms with Gasteiger partial charge in [-0.1, -0.05) is 38.3 Å². The fourth-order valence-corrected chi connectivity index (χ4v) is 7.40. The molecule has 0 amide bonds. The fourth-order valence-electron chi connectivity index (χ4n) is 7.40. The molecule has 0 atom stereocenters. The van der Waals surface area contributed by atoms with Crippen LogP contribution in [0.4, 0.5) is 22.0 Å². The summed E-state index contributed by atoms with van der Waals surface area (Å²) in [6, 6.07) is 8.41. The van der Waals surface area contributed by atoms with E-state index >= 15 is 4.39 Å². The largest absolute Gasteiger partial charge is 0.460 e. The van der Waals surface area contributed by atoms with E-state index in [-0.39, 0.29) is 23.2 Å². The van der Waals surface area contributed by atoms with Crippen LogP contribution < -0.4 is 9.47 Å². The molecular formula is C35H45F5O4. The van der Waals surface area contributed by atoms with Crippen LogP contribution in [0.5, 0.6) is 11.5 Å². The van der Waals surface area contributed by atoms with Gasteiger partial charge in [0.15, 0.2) is 17.9 Å². The molecule has 0 aromatic heterocycles. The van der Waals surface area contributed by atoms with Gasteiger partial charge in [0.05, 0.1) is 19.1 Å². The smallest absolute Gasteiger partial charge is 0.400 e. The first-order valence-electron chi connectivity index (χ1n) is 16.3. The summed E-state index contributed by atoms with van der Waals surface area (Å²) >= 11 is 0. The third-order valence-corrected chi connectivity index (χ3v) is 9.97. The van der Waals surface area contributed by atoms with Crippen LogP contribution in [0.2, 0.25) is 0 Å². The molecule has 244 valence electrons. The van der Waals surface area contributed by atoms with E-state index < -0.39 is 31.0 Å². The zero-order valence-corrected chi connectivity index (χ0v) is 25.6. The van der Waals surface area contributed by atoms with Gasteiger partial charge in [0.2, 0.25) is 6.86 Å². The van der Waals surface area contributed by atoms with Gasteiger partial charge in [0.1, 0.15) is 11.6 Å². The zero-order valence-electron chi connectivity index (χ0n) is 25.6. The van der Waals surface area contributed by atoms with Crippen molar-refractivity contribution in [3.8, 4) is 11.5 Å². The Morgan fingerprint density at radius 3 is 2.11 bits per heavy atom. The molecule has 1 aliphatic heterocycles. The predicted octanol–water partition coefficient (Wildman–Crippen LogP) is 10.3. The number of unbranched alkanes of at least 4 members (excludes halogenated alkanes) is 2. The Kier molecular flexibility index (Phi) is 11.4. The van der Waals surface area contributed by atoms with Gasteiger partial charge in [0, 0.05) is 17.5 Å². The molecule has 3 fully saturated rings. The van der Waals surface area contributed by atoms with E-state index in [9.17, 15) is 17.6 Å². The average molecular weight is 625 g/mol. The topological polar surface area (TPSA) is 36.9 Å². The molecule has 2 aromatic rings. The second-order valence-electron chi connectivity index (χ2n) is 12.9. The number of alkyl halides is 3. The summed E-state index contributed by atoms with van der Waals surface area (Å²) in [5, 5.41) is 0. The maximum absolute atomic E-state index is 15.3. The van der Waals surface area contributed by atoms with Crippen LogP contribution in [0.25, 0.3) is 0 Å². The number of hydrogen-bond donors (Lipinski definition) is 0. The highest BCUT2D eigenvalue weighted by molar-refractivity contribution is 5.33. The first kappa shape index (κ1) is 33.0. The quantitative estimate of drug-likeness (QED) is 0.174. The van der Waals surface area contributed by atoms with Crippen molar-refractivity contribution in [2.24, 2.45) is 23.7 Å². The highest BCUT2D eigenvalue weighted by Crippen LogP contribution is 2.47. The summed E-state index contributed by atoms with van der Waals surface area (Å²) < 4.78 is 92.7. The Hall–Kier alpha value is -2.39. The van der Waals surface area contributed by atoms with Crippen molar-refractivity contribution in [3.05, 3.63) is 59.2 Å². The van der Waals surface area contributed by atoms with Gasteiger partial charge < -0.3 is 18.9 Å². The van der Waals surface area contributed by atoms with Crippen LogP contribution in [0, 0.1) is 35.3 Å². The summed E-state index contributed by atoms with van der Waals surface area (Å²) in [7, 11) is 0. The molecule has 0 N–H and O–H groups in total. The molecule has 0 radical (unpaired) electrons. The van der Waals surface area contributed by atoms with Gasteiger partial charge in [-0.25, -0.2) is 13.2 Å². The highest BCUT2D eigenvalue weighted by atomic mass is 19.3. The summed E-state index contributed by atoms with van der Waals surface area (Å²) in [5.74, 6) is -1.45. The molecule has 2 aromatic carbocycles. The normalized spacial score (nSPS) is 28.0. The van der Waals surface area contributed by atoms with Gasteiger partial charge >= 0.3 is 6.11 Å². The lowest BCUT2D eigenvalue weighted by atomic mass is 9.68. The first-order valence-corrected chi connectivity index (χ1v) is 16.3. The van der Waals surface area contributed by atoms with E-state index in [1.54, 1.807) is 6.07 Å². The Bertz CT molecular complexity index is 1190. The van der Waals surface area contributed by atoms with Crippen molar-refractivity contribution in [1.29, 1.82) is 0 Å². The van der Waals surface area contributed by atoms with E-state index in [4.69, 9.17) is 14.2 Å². The standard InChI is InChI=1S/C35H45F5O4/c1-2-3-4-5-23-20-41-34(42-21-23)27-12-16-30(31(37)18-27)26-8-6-24(7-9-26)25-10-13-28(14-11-25)35(39,40)44-29-15-17-33(43-22-36)32(38)19-29/h12,15-19,23-26,28,34H,2-11,13-14,20-22H2,1H3. The maximum Gasteiger partial charge on any atom is 0.400 e. The molecule has 9 heteroatoms. The number of hydrogen-bond acceptors (Lipinski definition) is 4. The SMILES string of the molecule is CCCCCC1COC(c2ccc(C3CCC(C4CCC(C(F)(F)Oc5ccc(OCF)c(F)c5)CC4)CC3)c(F)c2)OC1. The van der Waals surface area contributed by atoms with Crippen molar-refractivity contribution in [3.63, 3.8) is 0 Å². The molecule has 3 aliphatic rings. The molecule has 5 rings (SSSR count). The van der Waals surface area contributed by atoms with Gasteiger partial charge in [-0.2, -0.15) is 8.78 Å². The highest BCUT2D eigenvalue weighted by Gasteiger charge is 2.45. The second-order valence-corrected chi connectivity index (χ2v) is 12.9. The lowest BCUT2D eigenvalue weighted by Crippen LogP contribution is -2.38. The number of benzene rings is 2. The lowest BCUT2D eigenvalue weighted by Gasteiger charge is -2.39. The lowest BCUT2D eigenvalue weighted by molar-refractivity contribution is -0.224. The van der Waals surface area contributed by atoms with Crippen molar-refractivity contribution >= 4 is 0 Å². The van der Waals surface area contributed by atoms with E-state index in [1.807, 2.05) is 12.1 Å². The van der Waals surface area contributed by atoms with Crippen LogP contribution in [-0.2, 0) is 9.47 Å². The monoisotopic (exact) mass is 624 g/mol. The van der Waals surface area contributed by atoms with E-state index in [0.717, 1.165) is 61.4 Å². The maximum atomic E-state index is 15.3.